The van der Waals surface area contributed by atoms with Crippen molar-refractivity contribution in [2.24, 2.45) is 0 Å². The average molecular weight is 288 g/mol. The number of hydrogen-bond donors (Lipinski definition) is 0. The largest absolute Gasteiger partial charge is 0.458 e. The lowest BCUT2D eigenvalue weighted by molar-refractivity contribution is -0.138. The molecule has 0 amide bonds. The van der Waals surface area contributed by atoms with E-state index in [0.717, 1.165) is 16.5 Å². The summed E-state index contributed by atoms with van der Waals surface area (Å²) in [6, 6.07) is 23.9. The van der Waals surface area contributed by atoms with E-state index in [2.05, 4.69) is 18.2 Å². The van der Waals surface area contributed by atoms with Crippen LogP contribution >= 0.6 is 0 Å². The Morgan fingerprint density at radius 2 is 1.59 bits per heavy atom. The Morgan fingerprint density at radius 1 is 0.864 bits per heavy atom. The average Bonchev–Trinajstić information content (AvgIpc) is 2.59. The molecular weight excluding hydrogens is 272 g/mol. The topological polar surface area (TPSA) is 26.3 Å². The highest BCUT2D eigenvalue weighted by Gasteiger charge is 1.99. The number of rotatable bonds is 4. The molecule has 3 rings (SSSR count). The van der Waals surface area contributed by atoms with Crippen LogP contribution in [0.25, 0.3) is 16.8 Å². The van der Waals surface area contributed by atoms with E-state index in [-0.39, 0.29) is 5.97 Å². The summed E-state index contributed by atoms with van der Waals surface area (Å²) < 4.78 is 5.21. The number of benzene rings is 3. The van der Waals surface area contributed by atoms with E-state index in [4.69, 9.17) is 4.74 Å². The maximum atomic E-state index is 11.7. The Bertz CT molecular complexity index is 804. The zero-order valence-corrected chi connectivity index (χ0v) is 12.1. The van der Waals surface area contributed by atoms with Crippen molar-refractivity contribution in [3.63, 3.8) is 0 Å². The van der Waals surface area contributed by atoms with Crippen molar-refractivity contribution in [3.8, 4) is 0 Å². The van der Waals surface area contributed by atoms with Crippen LogP contribution < -0.4 is 0 Å². The number of carbonyl (C=O) groups is 1. The van der Waals surface area contributed by atoms with Crippen LogP contribution in [0.1, 0.15) is 11.1 Å². The fourth-order valence-electron chi connectivity index (χ4n) is 2.25. The first-order valence-corrected chi connectivity index (χ1v) is 7.19. The third-order valence-corrected chi connectivity index (χ3v) is 3.41. The predicted molar refractivity (Wildman–Crippen MR) is 89.2 cm³/mol. The molecule has 0 atom stereocenters. The number of esters is 1. The van der Waals surface area contributed by atoms with Crippen LogP contribution in [0.4, 0.5) is 0 Å². The van der Waals surface area contributed by atoms with E-state index in [9.17, 15) is 4.79 Å². The highest BCUT2D eigenvalue weighted by Crippen LogP contribution is 2.16. The van der Waals surface area contributed by atoms with E-state index in [1.54, 1.807) is 6.08 Å². The molecule has 0 aliphatic heterocycles. The summed E-state index contributed by atoms with van der Waals surface area (Å²) in [5.74, 6) is -0.336. The maximum absolute atomic E-state index is 11.7. The van der Waals surface area contributed by atoms with Crippen molar-refractivity contribution in [1.82, 2.24) is 0 Å². The normalized spacial score (nSPS) is 10.9. The smallest absolute Gasteiger partial charge is 0.331 e. The lowest BCUT2D eigenvalue weighted by Crippen LogP contribution is -2.00. The molecule has 0 saturated carbocycles. The van der Waals surface area contributed by atoms with Gasteiger partial charge in [0.05, 0.1) is 0 Å². The molecule has 0 heterocycles. The molecule has 2 nitrogen and oxygen atoms in total. The molecular formula is C20H16O2. The van der Waals surface area contributed by atoms with Gasteiger partial charge in [0, 0.05) is 6.08 Å². The second-order valence-electron chi connectivity index (χ2n) is 5.03. The quantitative estimate of drug-likeness (QED) is 0.518. The van der Waals surface area contributed by atoms with E-state index >= 15 is 0 Å². The third-order valence-electron chi connectivity index (χ3n) is 3.41. The molecule has 0 aliphatic rings. The van der Waals surface area contributed by atoms with E-state index in [1.807, 2.05) is 54.6 Å². The van der Waals surface area contributed by atoms with Crippen molar-refractivity contribution >= 4 is 22.8 Å². The van der Waals surface area contributed by atoms with E-state index in [1.165, 1.54) is 11.5 Å². The number of ether oxygens (including phenoxy) is 1. The van der Waals surface area contributed by atoms with Crippen LogP contribution in [0, 0.1) is 0 Å². The Kier molecular flexibility index (Phi) is 4.30. The highest BCUT2D eigenvalue weighted by atomic mass is 16.5. The fourth-order valence-corrected chi connectivity index (χ4v) is 2.25. The van der Waals surface area contributed by atoms with Crippen molar-refractivity contribution in [1.29, 1.82) is 0 Å². The van der Waals surface area contributed by atoms with Gasteiger partial charge < -0.3 is 4.74 Å². The molecule has 22 heavy (non-hydrogen) atoms. The highest BCUT2D eigenvalue weighted by molar-refractivity contribution is 5.89. The van der Waals surface area contributed by atoms with Crippen LogP contribution in [-0.4, -0.2) is 5.97 Å². The molecule has 3 aromatic rings. The molecule has 0 radical (unpaired) electrons. The van der Waals surface area contributed by atoms with Gasteiger partial charge in [-0.1, -0.05) is 66.7 Å². The zero-order chi connectivity index (χ0) is 15.2. The van der Waals surface area contributed by atoms with Crippen LogP contribution in [0.15, 0.2) is 78.9 Å². The summed E-state index contributed by atoms with van der Waals surface area (Å²) in [6.07, 6.45) is 3.24. The maximum Gasteiger partial charge on any atom is 0.331 e. The van der Waals surface area contributed by atoms with Crippen LogP contribution in [0.2, 0.25) is 0 Å². The number of hydrogen-bond acceptors (Lipinski definition) is 2. The molecule has 0 unspecified atom stereocenters. The summed E-state index contributed by atoms with van der Waals surface area (Å²) >= 11 is 0. The molecule has 0 N–H and O–H groups in total. The molecule has 0 aliphatic carbocycles. The molecule has 108 valence electrons. The lowest BCUT2D eigenvalue weighted by atomic mass is 10.1. The van der Waals surface area contributed by atoms with E-state index < -0.39 is 0 Å². The minimum atomic E-state index is -0.336. The summed E-state index contributed by atoms with van der Waals surface area (Å²) in [4.78, 5) is 11.7. The van der Waals surface area contributed by atoms with Crippen LogP contribution in [0.3, 0.4) is 0 Å². The second kappa shape index (κ2) is 6.72. The summed E-state index contributed by atoms with van der Waals surface area (Å²) in [7, 11) is 0. The lowest BCUT2D eigenvalue weighted by Gasteiger charge is -2.02. The van der Waals surface area contributed by atoms with Gasteiger partial charge in [0.15, 0.2) is 0 Å². The standard InChI is InChI=1S/C20H16O2/c21-20(22-15-17-6-2-1-3-7-17)13-11-16-10-12-18-8-4-5-9-19(18)14-16/h1-14H,15H2/b13-11+. The fraction of sp³-hybridized carbons (Fsp3) is 0.0500. The zero-order valence-electron chi connectivity index (χ0n) is 12.1. The molecule has 2 heteroatoms. The monoisotopic (exact) mass is 288 g/mol. The van der Waals surface area contributed by atoms with Gasteiger partial charge >= 0.3 is 5.97 Å². The Labute approximate surface area is 129 Å². The predicted octanol–water partition coefficient (Wildman–Crippen LogP) is 4.60. The first-order valence-electron chi connectivity index (χ1n) is 7.19. The van der Waals surface area contributed by atoms with Crippen molar-refractivity contribution in [2.45, 2.75) is 6.61 Å². The molecule has 3 aromatic carbocycles. The van der Waals surface area contributed by atoms with Crippen molar-refractivity contribution in [2.75, 3.05) is 0 Å². The SMILES string of the molecule is O=C(/C=C/c1ccc2ccccc2c1)OCc1ccccc1. The van der Waals surface area contributed by atoms with Gasteiger partial charge in [-0.15, -0.1) is 0 Å². The molecule has 0 saturated heterocycles. The van der Waals surface area contributed by atoms with E-state index in [0.29, 0.717) is 6.61 Å². The Morgan fingerprint density at radius 3 is 2.41 bits per heavy atom. The van der Waals surface area contributed by atoms with Crippen LogP contribution in [-0.2, 0) is 16.1 Å². The summed E-state index contributed by atoms with van der Waals surface area (Å²) in [5, 5.41) is 2.34. The summed E-state index contributed by atoms with van der Waals surface area (Å²) in [6.45, 7) is 0.293. The Balaban J connectivity index is 1.63. The minimum Gasteiger partial charge on any atom is -0.458 e. The third kappa shape index (κ3) is 3.61. The van der Waals surface area contributed by atoms with Gasteiger partial charge in [-0.05, 0) is 34.0 Å². The molecule has 0 bridgehead atoms. The second-order valence-corrected chi connectivity index (χ2v) is 5.03. The first kappa shape index (κ1) is 14.1. The van der Waals surface area contributed by atoms with Gasteiger partial charge in [0.25, 0.3) is 0 Å². The number of carbonyl (C=O) groups excluding carboxylic acids is 1. The van der Waals surface area contributed by atoms with Gasteiger partial charge in [-0.3, -0.25) is 0 Å². The van der Waals surface area contributed by atoms with Gasteiger partial charge in [-0.2, -0.15) is 0 Å². The first-order chi connectivity index (χ1) is 10.8. The van der Waals surface area contributed by atoms with Gasteiger partial charge in [0.2, 0.25) is 0 Å². The van der Waals surface area contributed by atoms with Gasteiger partial charge in [0.1, 0.15) is 6.61 Å². The van der Waals surface area contributed by atoms with Gasteiger partial charge in [-0.25, -0.2) is 4.79 Å². The van der Waals surface area contributed by atoms with Crippen molar-refractivity contribution in [3.05, 3.63) is 90.0 Å². The molecule has 0 spiro atoms. The molecule has 0 aromatic heterocycles. The minimum absolute atomic E-state index is 0.293. The number of fused-ring (bicyclic) bond motifs is 1. The summed E-state index contributed by atoms with van der Waals surface area (Å²) in [5.41, 5.74) is 1.96. The Hall–Kier alpha value is -2.87. The van der Waals surface area contributed by atoms with Crippen LogP contribution in [0.5, 0.6) is 0 Å². The van der Waals surface area contributed by atoms with Crippen molar-refractivity contribution < 1.29 is 9.53 Å². The molecule has 0 fully saturated rings.